The molecule has 0 aliphatic carbocycles. The second-order valence-corrected chi connectivity index (χ2v) is 4.18. The van der Waals surface area contributed by atoms with Crippen LogP contribution in [-0.4, -0.2) is 28.6 Å². The van der Waals surface area contributed by atoms with Crippen LogP contribution in [0.25, 0.3) is 0 Å². The molecule has 3 N–H and O–H groups in total. The molecule has 0 aromatic carbocycles. The maximum atomic E-state index is 5.71. The van der Waals surface area contributed by atoms with Gasteiger partial charge in [-0.3, -0.25) is 4.99 Å². The molecule has 0 spiro atoms. The van der Waals surface area contributed by atoms with E-state index in [1.54, 1.807) is 12.5 Å². The molecule has 0 atom stereocenters. The lowest BCUT2D eigenvalue weighted by atomic mass is 10.1. The smallest absolute Gasteiger partial charge is 0.188 e. The van der Waals surface area contributed by atoms with Gasteiger partial charge in [0.1, 0.15) is 0 Å². The van der Waals surface area contributed by atoms with Crippen LogP contribution in [0.5, 0.6) is 0 Å². The van der Waals surface area contributed by atoms with Crippen LogP contribution in [0.2, 0.25) is 0 Å². The molecule has 0 aliphatic heterocycles. The molecule has 0 saturated heterocycles. The van der Waals surface area contributed by atoms with Gasteiger partial charge in [0.2, 0.25) is 0 Å². The summed E-state index contributed by atoms with van der Waals surface area (Å²) in [6, 6.07) is 0. The Morgan fingerprint density at radius 2 is 2.38 bits per heavy atom. The van der Waals surface area contributed by atoms with E-state index in [0.29, 0.717) is 11.9 Å². The first-order valence-corrected chi connectivity index (χ1v) is 5.68. The fourth-order valence-electron chi connectivity index (χ4n) is 1.23. The van der Waals surface area contributed by atoms with Crippen molar-refractivity contribution in [3.63, 3.8) is 0 Å². The van der Waals surface area contributed by atoms with Crippen LogP contribution in [-0.2, 0) is 6.54 Å². The van der Waals surface area contributed by atoms with Crippen LogP contribution in [0.1, 0.15) is 20.3 Å². The average molecular weight is 223 g/mol. The SMILES string of the molecule is CC(C)CCN=C(N)NCCn1ccnc1. The van der Waals surface area contributed by atoms with E-state index < -0.39 is 0 Å². The molecule has 1 heterocycles. The number of hydrogen-bond donors (Lipinski definition) is 2. The summed E-state index contributed by atoms with van der Waals surface area (Å²) in [6.45, 7) is 6.77. The number of aromatic nitrogens is 2. The van der Waals surface area contributed by atoms with Gasteiger partial charge >= 0.3 is 0 Å². The highest BCUT2D eigenvalue weighted by atomic mass is 15.1. The maximum Gasteiger partial charge on any atom is 0.188 e. The second kappa shape index (κ2) is 6.87. The van der Waals surface area contributed by atoms with Crippen LogP contribution < -0.4 is 11.1 Å². The largest absolute Gasteiger partial charge is 0.370 e. The summed E-state index contributed by atoms with van der Waals surface area (Å²) < 4.78 is 1.99. The lowest BCUT2D eigenvalue weighted by molar-refractivity contribution is 0.594. The van der Waals surface area contributed by atoms with Gasteiger partial charge in [-0.1, -0.05) is 13.8 Å². The van der Waals surface area contributed by atoms with Crippen LogP contribution >= 0.6 is 0 Å². The van der Waals surface area contributed by atoms with E-state index in [4.69, 9.17) is 5.73 Å². The van der Waals surface area contributed by atoms with Gasteiger partial charge in [0.25, 0.3) is 0 Å². The van der Waals surface area contributed by atoms with Crippen molar-refractivity contribution in [2.45, 2.75) is 26.8 Å². The summed E-state index contributed by atoms with van der Waals surface area (Å²) in [4.78, 5) is 8.20. The monoisotopic (exact) mass is 223 g/mol. The van der Waals surface area contributed by atoms with Gasteiger partial charge in [-0.15, -0.1) is 0 Å². The normalized spacial score (nSPS) is 12.1. The van der Waals surface area contributed by atoms with Crippen molar-refractivity contribution in [1.29, 1.82) is 0 Å². The van der Waals surface area contributed by atoms with Gasteiger partial charge in [-0.2, -0.15) is 0 Å². The summed E-state index contributed by atoms with van der Waals surface area (Å²) in [5, 5.41) is 3.07. The average Bonchev–Trinajstić information content (AvgIpc) is 2.70. The van der Waals surface area contributed by atoms with E-state index in [0.717, 1.165) is 26.1 Å². The Kier molecular flexibility index (Phi) is 5.39. The molecule has 0 aliphatic rings. The molecule has 0 radical (unpaired) electrons. The Morgan fingerprint density at radius 3 is 3.00 bits per heavy atom. The molecule has 0 bridgehead atoms. The van der Waals surface area contributed by atoms with Crippen molar-refractivity contribution >= 4 is 5.96 Å². The third-order valence-corrected chi connectivity index (χ3v) is 2.22. The summed E-state index contributed by atoms with van der Waals surface area (Å²) in [5.74, 6) is 1.20. The molecule has 0 saturated carbocycles. The van der Waals surface area contributed by atoms with Crippen molar-refractivity contribution in [2.24, 2.45) is 16.6 Å². The highest BCUT2D eigenvalue weighted by molar-refractivity contribution is 5.77. The Morgan fingerprint density at radius 1 is 1.56 bits per heavy atom. The van der Waals surface area contributed by atoms with E-state index in [-0.39, 0.29) is 0 Å². The van der Waals surface area contributed by atoms with E-state index in [1.807, 2.05) is 10.8 Å². The van der Waals surface area contributed by atoms with Gasteiger partial charge in [-0.25, -0.2) is 4.98 Å². The number of rotatable bonds is 6. The molecule has 5 nitrogen and oxygen atoms in total. The molecule has 0 unspecified atom stereocenters. The zero-order valence-corrected chi connectivity index (χ0v) is 10.1. The molecule has 0 amide bonds. The number of aliphatic imine (C=N–C) groups is 1. The highest BCUT2D eigenvalue weighted by Crippen LogP contribution is 1.97. The van der Waals surface area contributed by atoms with Crippen molar-refractivity contribution in [2.75, 3.05) is 13.1 Å². The molecule has 16 heavy (non-hydrogen) atoms. The van der Waals surface area contributed by atoms with E-state index >= 15 is 0 Å². The standard InChI is InChI=1S/C11H21N5/c1-10(2)3-4-14-11(12)15-6-8-16-7-5-13-9-16/h5,7,9-10H,3-4,6,8H2,1-2H3,(H3,12,14,15). The summed E-state index contributed by atoms with van der Waals surface area (Å²) >= 11 is 0. The number of hydrogen-bond acceptors (Lipinski definition) is 2. The number of nitrogens with two attached hydrogens (primary N) is 1. The minimum Gasteiger partial charge on any atom is -0.370 e. The molecular weight excluding hydrogens is 202 g/mol. The Balaban J connectivity index is 2.12. The number of imidazole rings is 1. The van der Waals surface area contributed by atoms with Crippen molar-refractivity contribution < 1.29 is 0 Å². The molecule has 0 fully saturated rings. The van der Waals surface area contributed by atoms with E-state index in [1.165, 1.54) is 0 Å². The zero-order valence-electron chi connectivity index (χ0n) is 10.1. The summed E-state index contributed by atoms with van der Waals surface area (Å²) in [5.41, 5.74) is 5.71. The minimum absolute atomic E-state index is 0.528. The van der Waals surface area contributed by atoms with Gasteiger partial charge in [-0.05, 0) is 12.3 Å². The lowest BCUT2D eigenvalue weighted by Gasteiger charge is -2.06. The first kappa shape index (κ1) is 12.5. The number of nitrogens with one attached hydrogen (secondary N) is 1. The van der Waals surface area contributed by atoms with E-state index in [2.05, 4.69) is 29.1 Å². The third kappa shape index (κ3) is 5.38. The lowest BCUT2D eigenvalue weighted by Crippen LogP contribution is -2.34. The third-order valence-electron chi connectivity index (χ3n) is 2.22. The maximum absolute atomic E-state index is 5.71. The number of guanidine groups is 1. The molecule has 1 aromatic heterocycles. The van der Waals surface area contributed by atoms with E-state index in [9.17, 15) is 0 Å². The zero-order chi connectivity index (χ0) is 11.8. The predicted molar refractivity (Wildman–Crippen MR) is 66.2 cm³/mol. The van der Waals surface area contributed by atoms with Crippen LogP contribution in [0, 0.1) is 5.92 Å². The van der Waals surface area contributed by atoms with Crippen LogP contribution in [0.15, 0.2) is 23.7 Å². The second-order valence-electron chi connectivity index (χ2n) is 4.18. The Labute approximate surface area is 96.8 Å². The Bertz CT molecular complexity index is 302. The molecule has 1 rings (SSSR count). The van der Waals surface area contributed by atoms with Crippen molar-refractivity contribution in [1.82, 2.24) is 14.9 Å². The summed E-state index contributed by atoms with van der Waals surface area (Å²) in [6.07, 6.45) is 6.55. The van der Waals surface area contributed by atoms with Crippen molar-refractivity contribution in [3.05, 3.63) is 18.7 Å². The first-order chi connectivity index (χ1) is 7.68. The van der Waals surface area contributed by atoms with Gasteiger partial charge < -0.3 is 15.6 Å². The van der Waals surface area contributed by atoms with Gasteiger partial charge in [0, 0.05) is 32.0 Å². The topological polar surface area (TPSA) is 68.2 Å². The molecule has 1 aromatic rings. The summed E-state index contributed by atoms with van der Waals surface area (Å²) in [7, 11) is 0. The first-order valence-electron chi connectivity index (χ1n) is 5.68. The fraction of sp³-hybridized carbons (Fsp3) is 0.636. The van der Waals surface area contributed by atoms with Crippen molar-refractivity contribution in [3.8, 4) is 0 Å². The highest BCUT2D eigenvalue weighted by Gasteiger charge is 1.94. The molecule has 5 heteroatoms. The predicted octanol–water partition coefficient (Wildman–Crippen LogP) is 0.834. The Hall–Kier alpha value is -1.52. The van der Waals surface area contributed by atoms with Gasteiger partial charge in [0.05, 0.1) is 6.33 Å². The van der Waals surface area contributed by atoms with Gasteiger partial charge in [0.15, 0.2) is 5.96 Å². The molecule has 90 valence electrons. The minimum atomic E-state index is 0.528. The van der Waals surface area contributed by atoms with Crippen LogP contribution in [0.3, 0.4) is 0 Å². The quantitative estimate of drug-likeness (QED) is 0.554. The molecular formula is C11H21N5. The van der Waals surface area contributed by atoms with Crippen LogP contribution in [0.4, 0.5) is 0 Å². The number of nitrogens with zero attached hydrogens (tertiary/aromatic N) is 3. The fourth-order valence-corrected chi connectivity index (χ4v) is 1.23.